The Balaban J connectivity index is 1.44. The van der Waals surface area contributed by atoms with E-state index in [1.165, 1.54) is 58.3 Å². The highest BCUT2D eigenvalue weighted by Gasteiger charge is 2.67. The Bertz CT molecular complexity index is 1750. The first-order valence-corrected chi connectivity index (χ1v) is 19.2. The van der Waals surface area contributed by atoms with Gasteiger partial charge in [0.15, 0.2) is 0 Å². The minimum Gasteiger partial charge on any atom is -0.468 e. The second-order valence-corrected chi connectivity index (χ2v) is 15.3. The molecule has 7 rings (SSSR count). The third-order valence-corrected chi connectivity index (χ3v) is 12.9. The SMILES string of the molecule is CCC1CCCN(CCc2c(C3(C(=O)OC)CCC(C(=O)OC)=C4Nc5ccccc5C43CCN3CCCC(CC)C3)[nH]c3ccccc23)C1. The number of carbonyl (C=O) groups excluding carboxylic acids is 2. The molecule has 4 unspecified atom stereocenters. The summed E-state index contributed by atoms with van der Waals surface area (Å²) < 4.78 is 11.4. The van der Waals surface area contributed by atoms with Crippen molar-refractivity contribution in [2.24, 2.45) is 11.8 Å². The fourth-order valence-corrected chi connectivity index (χ4v) is 10.3. The van der Waals surface area contributed by atoms with Crippen LogP contribution in [0, 0.1) is 11.8 Å². The average molecular weight is 681 g/mol. The van der Waals surface area contributed by atoms with Crippen molar-refractivity contribution in [1.29, 1.82) is 0 Å². The lowest BCUT2D eigenvalue weighted by molar-refractivity contribution is -0.152. The molecule has 0 amide bonds. The molecule has 1 aromatic heterocycles. The maximum atomic E-state index is 15.1. The van der Waals surface area contributed by atoms with Crippen LogP contribution in [0.4, 0.5) is 5.69 Å². The topological polar surface area (TPSA) is 86.9 Å². The van der Waals surface area contributed by atoms with Gasteiger partial charge in [-0.2, -0.15) is 0 Å². The molecule has 0 bridgehead atoms. The number of benzene rings is 2. The number of allylic oxidation sites excluding steroid dienone is 1. The molecule has 4 heterocycles. The number of rotatable bonds is 11. The van der Waals surface area contributed by atoms with Gasteiger partial charge in [0.05, 0.1) is 25.2 Å². The predicted octanol–water partition coefficient (Wildman–Crippen LogP) is 7.34. The number of para-hydroxylation sites is 2. The van der Waals surface area contributed by atoms with Crippen molar-refractivity contribution in [2.75, 3.05) is 58.8 Å². The molecule has 268 valence electrons. The molecule has 50 heavy (non-hydrogen) atoms. The van der Waals surface area contributed by atoms with Crippen LogP contribution in [-0.4, -0.2) is 80.2 Å². The van der Waals surface area contributed by atoms with E-state index in [2.05, 4.69) is 76.4 Å². The molecule has 3 aromatic rings. The normalized spacial score (nSPS) is 27.1. The number of carbonyl (C=O) groups is 2. The lowest BCUT2D eigenvalue weighted by atomic mass is 9.50. The molecule has 0 spiro atoms. The molecule has 3 aliphatic heterocycles. The van der Waals surface area contributed by atoms with Crippen LogP contribution in [0.25, 0.3) is 10.9 Å². The Hall–Kier alpha value is -3.62. The number of fused-ring (bicyclic) bond motifs is 4. The lowest BCUT2D eigenvalue weighted by Crippen LogP contribution is -2.59. The van der Waals surface area contributed by atoms with Gasteiger partial charge in [-0.05, 0) is 106 Å². The highest BCUT2D eigenvalue weighted by Crippen LogP contribution is 2.63. The zero-order valence-electron chi connectivity index (χ0n) is 30.6. The van der Waals surface area contributed by atoms with E-state index in [9.17, 15) is 4.79 Å². The van der Waals surface area contributed by atoms with E-state index < -0.39 is 10.8 Å². The Morgan fingerprint density at radius 2 is 1.56 bits per heavy atom. The molecule has 4 aliphatic rings. The summed E-state index contributed by atoms with van der Waals surface area (Å²) in [4.78, 5) is 37.9. The van der Waals surface area contributed by atoms with E-state index in [1.54, 1.807) is 0 Å². The smallest absolute Gasteiger partial charge is 0.335 e. The summed E-state index contributed by atoms with van der Waals surface area (Å²) in [5.41, 5.74) is 4.60. The summed E-state index contributed by atoms with van der Waals surface area (Å²) in [5.74, 6) is 0.829. The number of nitrogens with zero attached hydrogens (tertiary/aromatic N) is 2. The number of ether oxygens (including phenoxy) is 2. The quantitative estimate of drug-likeness (QED) is 0.205. The monoisotopic (exact) mass is 680 g/mol. The van der Waals surface area contributed by atoms with E-state index in [0.29, 0.717) is 30.8 Å². The van der Waals surface area contributed by atoms with Crippen molar-refractivity contribution in [3.63, 3.8) is 0 Å². The van der Waals surface area contributed by atoms with Crippen LogP contribution in [0.3, 0.4) is 0 Å². The van der Waals surface area contributed by atoms with Crippen molar-refractivity contribution in [1.82, 2.24) is 14.8 Å². The van der Waals surface area contributed by atoms with Crippen molar-refractivity contribution in [3.8, 4) is 0 Å². The van der Waals surface area contributed by atoms with Gasteiger partial charge in [-0.3, -0.25) is 4.79 Å². The molecule has 1 aliphatic carbocycles. The molecule has 2 fully saturated rings. The van der Waals surface area contributed by atoms with E-state index in [1.807, 2.05) is 6.07 Å². The summed E-state index contributed by atoms with van der Waals surface area (Å²) >= 11 is 0. The Morgan fingerprint density at radius 1 is 0.880 bits per heavy atom. The van der Waals surface area contributed by atoms with Crippen LogP contribution in [-0.2, 0) is 36.3 Å². The van der Waals surface area contributed by atoms with Crippen LogP contribution in [0.5, 0.6) is 0 Å². The van der Waals surface area contributed by atoms with Gasteiger partial charge < -0.3 is 29.6 Å². The molecule has 0 saturated carbocycles. The number of esters is 2. The van der Waals surface area contributed by atoms with Crippen molar-refractivity contribution in [2.45, 2.75) is 88.9 Å². The van der Waals surface area contributed by atoms with Crippen molar-refractivity contribution >= 4 is 28.5 Å². The van der Waals surface area contributed by atoms with Gasteiger partial charge >= 0.3 is 11.9 Å². The van der Waals surface area contributed by atoms with Crippen LogP contribution in [0.2, 0.25) is 0 Å². The zero-order valence-corrected chi connectivity index (χ0v) is 30.6. The lowest BCUT2D eigenvalue weighted by Gasteiger charge is -2.51. The maximum Gasteiger partial charge on any atom is 0.335 e. The van der Waals surface area contributed by atoms with E-state index in [-0.39, 0.29) is 11.9 Å². The van der Waals surface area contributed by atoms with Gasteiger partial charge in [-0.15, -0.1) is 0 Å². The van der Waals surface area contributed by atoms with Gasteiger partial charge in [0.25, 0.3) is 0 Å². The number of hydrogen-bond donors (Lipinski definition) is 2. The summed E-state index contributed by atoms with van der Waals surface area (Å²) in [6.45, 7) is 10.7. The van der Waals surface area contributed by atoms with E-state index in [0.717, 1.165) is 85.2 Å². The van der Waals surface area contributed by atoms with Crippen LogP contribution >= 0.6 is 0 Å². The van der Waals surface area contributed by atoms with E-state index >= 15 is 4.79 Å². The van der Waals surface area contributed by atoms with E-state index in [4.69, 9.17) is 9.47 Å². The van der Waals surface area contributed by atoms with Gasteiger partial charge in [0, 0.05) is 47.6 Å². The number of H-pyrrole nitrogens is 1. The number of hydrogen-bond acceptors (Lipinski definition) is 7. The van der Waals surface area contributed by atoms with Gasteiger partial charge in [0.2, 0.25) is 0 Å². The zero-order chi connectivity index (χ0) is 34.9. The fourth-order valence-electron chi connectivity index (χ4n) is 10.3. The number of aromatic amines is 1. The first-order valence-electron chi connectivity index (χ1n) is 19.2. The molecule has 8 nitrogen and oxygen atoms in total. The summed E-state index contributed by atoms with van der Waals surface area (Å²) in [7, 11) is 2.99. The standard InChI is InChI=1S/C42H56N4O4/c1-5-29-13-11-23-45(27-29)25-20-32-31-15-7-9-17-35(31)43-37(32)42(40(48)50-4)21-19-33(39(47)49-3)38-41(42,34-16-8-10-18-36(34)44-38)22-26-46-24-12-14-30(6-2)28-46/h7-10,15-18,29-30,43-44H,5-6,11-14,19-28H2,1-4H3. The average Bonchev–Trinajstić information content (AvgIpc) is 3.72. The largest absolute Gasteiger partial charge is 0.468 e. The molecule has 8 heteroatoms. The molecule has 2 N–H and O–H groups in total. The second-order valence-electron chi connectivity index (χ2n) is 15.3. The Kier molecular flexibility index (Phi) is 10.1. The first kappa shape index (κ1) is 34.8. The van der Waals surface area contributed by atoms with Crippen molar-refractivity contribution < 1.29 is 19.1 Å². The molecule has 0 radical (unpaired) electrons. The summed E-state index contributed by atoms with van der Waals surface area (Å²) in [5, 5.41) is 4.89. The number of nitrogens with one attached hydrogen (secondary N) is 2. The molecular formula is C42H56N4O4. The molecule has 4 atom stereocenters. The molecule has 2 saturated heterocycles. The third kappa shape index (κ3) is 5.76. The minimum absolute atomic E-state index is 0.251. The van der Waals surface area contributed by atoms with Gasteiger partial charge in [0.1, 0.15) is 5.41 Å². The van der Waals surface area contributed by atoms with Crippen molar-refractivity contribution in [3.05, 3.63) is 76.6 Å². The van der Waals surface area contributed by atoms with Crippen LogP contribution < -0.4 is 5.32 Å². The summed E-state index contributed by atoms with van der Waals surface area (Å²) in [6.07, 6.45) is 9.69. The van der Waals surface area contributed by atoms with Crippen LogP contribution in [0.15, 0.2) is 59.8 Å². The fraction of sp³-hybridized carbons (Fsp3) is 0.571. The van der Waals surface area contributed by atoms with Gasteiger partial charge in [-0.1, -0.05) is 63.1 Å². The number of likely N-dealkylation sites (tertiary alicyclic amines) is 2. The predicted molar refractivity (Wildman–Crippen MR) is 199 cm³/mol. The number of methoxy groups -OCH3 is 2. The highest BCUT2D eigenvalue weighted by atomic mass is 16.5. The number of aromatic nitrogens is 1. The van der Waals surface area contributed by atoms with Gasteiger partial charge in [-0.25, -0.2) is 4.79 Å². The molecule has 2 aromatic carbocycles. The Morgan fingerprint density at radius 3 is 2.26 bits per heavy atom. The second kappa shape index (κ2) is 14.5. The Labute approximate surface area is 298 Å². The highest BCUT2D eigenvalue weighted by molar-refractivity contribution is 5.98. The minimum atomic E-state index is -1.11. The number of piperidine rings is 2. The maximum absolute atomic E-state index is 15.1. The third-order valence-electron chi connectivity index (χ3n) is 12.9. The summed E-state index contributed by atoms with van der Waals surface area (Å²) in [6, 6.07) is 16.9. The molecular weight excluding hydrogens is 624 g/mol. The number of anilines is 1. The van der Waals surface area contributed by atoms with Crippen LogP contribution in [0.1, 0.15) is 88.5 Å². The first-order chi connectivity index (χ1) is 24.4.